The monoisotopic (exact) mass is 437 g/mol. The maximum Gasteiger partial charge on any atom is 0.338 e. The number of carbonyl (C=O) groups is 2. The highest BCUT2D eigenvalue weighted by molar-refractivity contribution is 5.97. The molecule has 2 N–H and O–H groups in total. The van der Waals surface area contributed by atoms with Gasteiger partial charge in [-0.3, -0.25) is 4.79 Å². The lowest BCUT2D eigenvalue weighted by atomic mass is 10.1. The topological polar surface area (TPSA) is 110 Å². The van der Waals surface area contributed by atoms with E-state index in [0.29, 0.717) is 30.2 Å². The Kier molecular flexibility index (Phi) is 9.11. The number of nitrogens with one attached hydrogen (secondary N) is 2. The van der Waals surface area contributed by atoms with E-state index in [4.69, 9.17) is 14.2 Å². The van der Waals surface area contributed by atoms with Crippen LogP contribution in [0.25, 0.3) is 0 Å². The Hall–Kier alpha value is -3.99. The minimum Gasteiger partial charge on any atom is -0.493 e. The summed E-state index contributed by atoms with van der Waals surface area (Å²) >= 11 is 0. The van der Waals surface area contributed by atoms with Crippen molar-refractivity contribution in [3.05, 3.63) is 70.9 Å². The largest absolute Gasteiger partial charge is 0.493 e. The third-order valence-electron chi connectivity index (χ3n) is 4.64. The van der Waals surface area contributed by atoms with E-state index >= 15 is 0 Å². The van der Waals surface area contributed by atoms with Gasteiger partial charge in [-0.15, -0.1) is 0 Å². The molecule has 2 aromatic rings. The summed E-state index contributed by atoms with van der Waals surface area (Å²) in [5.74, 6) is 0.267. The molecule has 2 rings (SSSR count). The molecule has 1 amide bonds. The van der Waals surface area contributed by atoms with Crippen LogP contribution in [-0.2, 0) is 16.1 Å². The van der Waals surface area contributed by atoms with Gasteiger partial charge < -0.3 is 24.8 Å². The molecule has 1 unspecified atom stereocenters. The number of amides is 1. The van der Waals surface area contributed by atoms with Gasteiger partial charge in [-0.05, 0) is 49.2 Å². The van der Waals surface area contributed by atoms with E-state index in [9.17, 15) is 14.9 Å². The lowest BCUT2D eigenvalue weighted by Gasteiger charge is -2.16. The first kappa shape index (κ1) is 24.3. The van der Waals surface area contributed by atoms with Crippen molar-refractivity contribution in [1.82, 2.24) is 10.6 Å². The Morgan fingerprint density at radius 3 is 2.38 bits per heavy atom. The first-order valence-corrected chi connectivity index (χ1v) is 10.1. The first-order chi connectivity index (χ1) is 15.4. The van der Waals surface area contributed by atoms with Crippen molar-refractivity contribution in [1.29, 1.82) is 5.26 Å². The Labute approximate surface area is 187 Å². The summed E-state index contributed by atoms with van der Waals surface area (Å²) in [5, 5.41) is 15.1. The number of hydrogen-bond acceptors (Lipinski definition) is 7. The van der Waals surface area contributed by atoms with Crippen LogP contribution < -0.4 is 20.1 Å². The normalized spacial score (nSPS) is 11.7. The van der Waals surface area contributed by atoms with E-state index in [-0.39, 0.29) is 17.6 Å². The molecule has 32 heavy (non-hydrogen) atoms. The second-order valence-electron chi connectivity index (χ2n) is 6.78. The third-order valence-corrected chi connectivity index (χ3v) is 4.64. The van der Waals surface area contributed by atoms with Crippen LogP contribution >= 0.6 is 0 Å². The van der Waals surface area contributed by atoms with Gasteiger partial charge in [0.15, 0.2) is 11.5 Å². The molecule has 0 aliphatic heterocycles. The van der Waals surface area contributed by atoms with Gasteiger partial charge in [0.05, 0.1) is 32.4 Å². The highest BCUT2D eigenvalue weighted by atomic mass is 16.5. The molecule has 8 nitrogen and oxygen atoms in total. The van der Waals surface area contributed by atoms with Gasteiger partial charge in [0.2, 0.25) is 0 Å². The second-order valence-corrected chi connectivity index (χ2v) is 6.78. The number of carbonyl (C=O) groups excluding carboxylic acids is 2. The highest BCUT2D eigenvalue weighted by Gasteiger charge is 2.15. The summed E-state index contributed by atoms with van der Waals surface area (Å²) in [6, 6.07) is 13.8. The van der Waals surface area contributed by atoms with E-state index < -0.39 is 5.91 Å². The van der Waals surface area contributed by atoms with Gasteiger partial charge in [0.1, 0.15) is 11.6 Å². The smallest absolute Gasteiger partial charge is 0.338 e. The van der Waals surface area contributed by atoms with Crippen LogP contribution in [0.5, 0.6) is 11.5 Å². The number of nitriles is 1. The molecule has 2 aromatic carbocycles. The van der Waals surface area contributed by atoms with Crippen molar-refractivity contribution in [2.45, 2.75) is 26.4 Å². The van der Waals surface area contributed by atoms with E-state index in [1.54, 1.807) is 50.4 Å². The van der Waals surface area contributed by atoms with Gasteiger partial charge in [-0.2, -0.15) is 5.26 Å². The Morgan fingerprint density at radius 2 is 1.78 bits per heavy atom. The van der Waals surface area contributed by atoms with Gasteiger partial charge >= 0.3 is 5.97 Å². The molecule has 0 bridgehead atoms. The lowest BCUT2D eigenvalue weighted by Crippen LogP contribution is -2.28. The molecule has 0 fully saturated rings. The number of nitrogens with zero attached hydrogens (tertiary/aromatic N) is 1. The molecule has 0 saturated carbocycles. The van der Waals surface area contributed by atoms with Crippen LogP contribution in [0.15, 0.2) is 54.2 Å². The Balaban J connectivity index is 1.97. The quantitative estimate of drug-likeness (QED) is 0.333. The summed E-state index contributed by atoms with van der Waals surface area (Å²) in [5.41, 5.74) is 2.10. The summed E-state index contributed by atoms with van der Waals surface area (Å²) in [7, 11) is 3.09. The van der Waals surface area contributed by atoms with E-state index in [0.717, 1.165) is 11.1 Å². The predicted molar refractivity (Wildman–Crippen MR) is 119 cm³/mol. The van der Waals surface area contributed by atoms with Crippen LogP contribution in [0.3, 0.4) is 0 Å². The number of rotatable bonds is 10. The molecular weight excluding hydrogens is 410 g/mol. The van der Waals surface area contributed by atoms with Crippen LogP contribution in [-0.4, -0.2) is 32.7 Å². The Bertz CT molecular complexity index is 1010. The average Bonchev–Trinajstić information content (AvgIpc) is 2.81. The zero-order chi connectivity index (χ0) is 23.5. The highest BCUT2D eigenvalue weighted by Crippen LogP contribution is 2.29. The molecule has 1 atom stereocenters. The van der Waals surface area contributed by atoms with Gasteiger partial charge in [0, 0.05) is 12.7 Å². The molecule has 0 spiro atoms. The number of benzene rings is 2. The zero-order valence-corrected chi connectivity index (χ0v) is 18.6. The molecule has 0 aromatic heterocycles. The molecule has 0 radical (unpaired) electrons. The summed E-state index contributed by atoms with van der Waals surface area (Å²) in [6.07, 6.45) is 1.37. The minimum absolute atomic E-state index is 0.0551. The van der Waals surface area contributed by atoms with Crippen molar-refractivity contribution in [3.63, 3.8) is 0 Å². The van der Waals surface area contributed by atoms with Crippen molar-refractivity contribution < 1.29 is 23.8 Å². The maximum atomic E-state index is 12.5. The molecule has 168 valence electrons. The molecule has 0 aliphatic carbocycles. The SMILES string of the molecule is CCOC(=O)c1ccc(CN/C=C(/C#N)C(=O)NC(C)c2ccc(OC)c(OC)c2)cc1. The summed E-state index contributed by atoms with van der Waals surface area (Å²) in [6.45, 7) is 4.26. The molecule has 0 saturated heterocycles. The fourth-order valence-electron chi connectivity index (χ4n) is 2.87. The predicted octanol–water partition coefficient (Wildman–Crippen LogP) is 3.25. The standard InChI is InChI=1S/C24H27N3O5/c1-5-32-24(29)18-8-6-17(7-9-18)14-26-15-20(13-25)23(28)27-16(2)19-10-11-21(30-3)22(12-19)31-4/h6-12,15-16,26H,5,14H2,1-4H3,(H,27,28)/b20-15-. The average molecular weight is 437 g/mol. The first-order valence-electron chi connectivity index (χ1n) is 10.1. The molecule has 8 heteroatoms. The third kappa shape index (κ3) is 6.51. The van der Waals surface area contributed by atoms with Crippen LogP contribution in [0, 0.1) is 11.3 Å². The number of methoxy groups -OCH3 is 2. The zero-order valence-electron chi connectivity index (χ0n) is 18.6. The van der Waals surface area contributed by atoms with Crippen molar-refractivity contribution in [3.8, 4) is 17.6 Å². The van der Waals surface area contributed by atoms with Crippen LogP contribution in [0.4, 0.5) is 0 Å². The minimum atomic E-state index is -0.500. The van der Waals surface area contributed by atoms with Gasteiger partial charge in [0.25, 0.3) is 5.91 Å². The lowest BCUT2D eigenvalue weighted by molar-refractivity contribution is -0.117. The van der Waals surface area contributed by atoms with Crippen molar-refractivity contribution >= 4 is 11.9 Å². The summed E-state index contributed by atoms with van der Waals surface area (Å²) in [4.78, 5) is 24.2. The number of hydrogen-bond donors (Lipinski definition) is 2. The number of ether oxygens (including phenoxy) is 3. The number of esters is 1. The van der Waals surface area contributed by atoms with E-state index in [1.807, 2.05) is 19.1 Å². The van der Waals surface area contributed by atoms with Gasteiger partial charge in [-0.1, -0.05) is 18.2 Å². The molecular formula is C24H27N3O5. The van der Waals surface area contributed by atoms with E-state index in [1.165, 1.54) is 13.3 Å². The van der Waals surface area contributed by atoms with Crippen molar-refractivity contribution in [2.75, 3.05) is 20.8 Å². The molecule has 0 aliphatic rings. The van der Waals surface area contributed by atoms with Gasteiger partial charge in [-0.25, -0.2) is 4.79 Å². The van der Waals surface area contributed by atoms with Crippen LogP contribution in [0.2, 0.25) is 0 Å². The van der Waals surface area contributed by atoms with Crippen molar-refractivity contribution in [2.24, 2.45) is 0 Å². The maximum absolute atomic E-state index is 12.5. The fourth-order valence-corrected chi connectivity index (χ4v) is 2.87. The van der Waals surface area contributed by atoms with Crippen LogP contribution in [0.1, 0.15) is 41.4 Å². The van der Waals surface area contributed by atoms with E-state index in [2.05, 4.69) is 10.6 Å². The molecule has 0 heterocycles. The fraction of sp³-hybridized carbons (Fsp3) is 0.292. The second kappa shape index (κ2) is 12.0. The summed E-state index contributed by atoms with van der Waals surface area (Å²) < 4.78 is 15.5. The Morgan fingerprint density at radius 1 is 1.09 bits per heavy atom.